The van der Waals surface area contributed by atoms with Crippen molar-refractivity contribution in [3.05, 3.63) is 0 Å². The summed E-state index contributed by atoms with van der Waals surface area (Å²) >= 11 is 3.44. The van der Waals surface area contributed by atoms with Gasteiger partial charge in [-0.05, 0) is 24.7 Å². The van der Waals surface area contributed by atoms with Crippen LogP contribution in [-0.2, 0) is 4.79 Å². The Balaban J connectivity index is 1.93. The number of hydrogen-bond acceptors (Lipinski definition) is 1. The molecule has 1 saturated heterocycles. The first-order valence-corrected chi connectivity index (χ1v) is 6.95. The van der Waals surface area contributed by atoms with Crippen molar-refractivity contribution in [3.63, 3.8) is 0 Å². The maximum Gasteiger partial charge on any atom is 0.236 e. The molecule has 1 saturated carbocycles. The number of rotatable bonds is 2. The summed E-state index contributed by atoms with van der Waals surface area (Å²) in [5, 5.41) is 0. The highest BCUT2D eigenvalue weighted by Gasteiger charge is 2.35. The van der Waals surface area contributed by atoms with Gasteiger partial charge in [-0.2, -0.15) is 0 Å². The van der Waals surface area contributed by atoms with Gasteiger partial charge in [-0.25, -0.2) is 0 Å². The molecule has 2 rings (SSSR count). The zero-order valence-electron chi connectivity index (χ0n) is 9.47. The number of amides is 1. The van der Waals surface area contributed by atoms with E-state index >= 15 is 0 Å². The average Bonchev–Trinajstić information content (AvgIpc) is 2.50. The van der Waals surface area contributed by atoms with Crippen molar-refractivity contribution in [1.29, 1.82) is 0 Å². The fraction of sp³-hybridized carbons (Fsp3) is 0.917. The zero-order chi connectivity index (χ0) is 10.9. The predicted octanol–water partition coefficient (Wildman–Crippen LogP) is 2.95. The van der Waals surface area contributed by atoms with Crippen molar-refractivity contribution in [2.24, 2.45) is 5.41 Å². The molecule has 1 amide bonds. The van der Waals surface area contributed by atoms with Gasteiger partial charge in [0, 0.05) is 13.1 Å². The lowest BCUT2D eigenvalue weighted by Crippen LogP contribution is -2.39. The highest BCUT2D eigenvalue weighted by atomic mass is 79.9. The predicted molar refractivity (Wildman–Crippen MR) is 65.1 cm³/mol. The number of alkyl halides is 1. The minimum Gasteiger partial charge on any atom is -0.341 e. The second-order valence-corrected chi connectivity index (χ2v) is 6.49. The van der Waals surface area contributed by atoms with E-state index in [4.69, 9.17) is 0 Å². The Morgan fingerprint density at radius 1 is 1.40 bits per heavy atom. The van der Waals surface area contributed by atoms with Crippen LogP contribution in [0.5, 0.6) is 0 Å². The summed E-state index contributed by atoms with van der Waals surface area (Å²) in [6, 6.07) is 0. The first-order valence-electron chi connectivity index (χ1n) is 6.04. The number of halogens is 1. The quantitative estimate of drug-likeness (QED) is 0.709. The van der Waals surface area contributed by atoms with Gasteiger partial charge in [0.05, 0.1) is 4.83 Å². The SMILES string of the molecule is CC1(CN2CCC(Br)C2=O)CCCCC1. The number of nitrogens with zero attached hydrogens (tertiary/aromatic N) is 1. The molecule has 2 nitrogen and oxygen atoms in total. The van der Waals surface area contributed by atoms with Gasteiger partial charge in [-0.3, -0.25) is 4.79 Å². The molecule has 0 aromatic rings. The van der Waals surface area contributed by atoms with Crippen LogP contribution in [0.25, 0.3) is 0 Å². The molecular weight excluding hydrogens is 254 g/mol. The van der Waals surface area contributed by atoms with E-state index in [0.717, 1.165) is 19.5 Å². The Morgan fingerprint density at radius 2 is 2.07 bits per heavy atom. The topological polar surface area (TPSA) is 20.3 Å². The summed E-state index contributed by atoms with van der Waals surface area (Å²) in [6.07, 6.45) is 7.64. The molecule has 86 valence electrons. The standard InChI is InChI=1S/C12H20BrNO/c1-12(6-3-2-4-7-12)9-14-8-5-10(13)11(14)15/h10H,2-9H2,1H3. The first kappa shape index (κ1) is 11.4. The van der Waals surface area contributed by atoms with Crippen LogP contribution in [0.15, 0.2) is 0 Å². The Labute approximate surface area is 101 Å². The number of hydrogen-bond donors (Lipinski definition) is 0. The van der Waals surface area contributed by atoms with Crippen LogP contribution >= 0.6 is 15.9 Å². The normalized spacial score (nSPS) is 30.9. The fourth-order valence-corrected chi connectivity index (χ4v) is 3.38. The van der Waals surface area contributed by atoms with Crippen molar-refractivity contribution < 1.29 is 4.79 Å². The second-order valence-electron chi connectivity index (χ2n) is 5.39. The highest BCUT2D eigenvalue weighted by molar-refractivity contribution is 9.10. The molecule has 1 aliphatic carbocycles. The number of carbonyl (C=O) groups is 1. The van der Waals surface area contributed by atoms with Crippen LogP contribution in [0.3, 0.4) is 0 Å². The van der Waals surface area contributed by atoms with E-state index in [1.165, 1.54) is 32.1 Å². The molecule has 0 aromatic heterocycles. The molecule has 15 heavy (non-hydrogen) atoms. The molecular formula is C12H20BrNO. The van der Waals surface area contributed by atoms with E-state index in [9.17, 15) is 4.79 Å². The van der Waals surface area contributed by atoms with E-state index in [-0.39, 0.29) is 4.83 Å². The molecule has 0 N–H and O–H groups in total. The number of likely N-dealkylation sites (tertiary alicyclic amines) is 1. The van der Waals surface area contributed by atoms with Gasteiger partial charge in [-0.1, -0.05) is 42.1 Å². The van der Waals surface area contributed by atoms with Crippen LogP contribution in [0, 0.1) is 5.41 Å². The lowest BCUT2D eigenvalue weighted by atomic mass is 9.75. The smallest absolute Gasteiger partial charge is 0.236 e. The Morgan fingerprint density at radius 3 is 2.60 bits per heavy atom. The van der Waals surface area contributed by atoms with E-state index in [1.807, 2.05) is 0 Å². The van der Waals surface area contributed by atoms with Crippen LogP contribution in [0.4, 0.5) is 0 Å². The minimum atomic E-state index is 0.0877. The molecule has 1 unspecified atom stereocenters. The highest BCUT2D eigenvalue weighted by Crippen LogP contribution is 2.37. The molecule has 1 atom stereocenters. The molecule has 1 heterocycles. The van der Waals surface area contributed by atoms with Gasteiger partial charge in [-0.15, -0.1) is 0 Å². The molecule has 2 fully saturated rings. The van der Waals surface area contributed by atoms with Crippen molar-refractivity contribution in [3.8, 4) is 0 Å². The minimum absolute atomic E-state index is 0.0877. The van der Waals surface area contributed by atoms with Crippen LogP contribution in [0.2, 0.25) is 0 Å². The van der Waals surface area contributed by atoms with Crippen LogP contribution in [-0.4, -0.2) is 28.7 Å². The summed E-state index contributed by atoms with van der Waals surface area (Å²) in [5.41, 5.74) is 0.394. The molecule has 0 spiro atoms. The number of carbonyl (C=O) groups excluding carboxylic acids is 1. The zero-order valence-corrected chi connectivity index (χ0v) is 11.1. The molecule has 0 aromatic carbocycles. The second kappa shape index (κ2) is 4.44. The van der Waals surface area contributed by atoms with Gasteiger partial charge < -0.3 is 4.90 Å². The van der Waals surface area contributed by atoms with Crippen LogP contribution in [0.1, 0.15) is 45.4 Å². The summed E-state index contributed by atoms with van der Waals surface area (Å²) in [5.74, 6) is 0.307. The molecule has 0 bridgehead atoms. The fourth-order valence-electron chi connectivity index (χ4n) is 2.88. The van der Waals surface area contributed by atoms with Crippen molar-refractivity contribution in [2.45, 2.75) is 50.3 Å². The van der Waals surface area contributed by atoms with Crippen molar-refractivity contribution >= 4 is 21.8 Å². The Kier molecular flexibility index (Phi) is 3.39. The van der Waals surface area contributed by atoms with Gasteiger partial charge in [0.15, 0.2) is 0 Å². The third kappa shape index (κ3) is 2.55. The Hall–Kier alpha value is -0.0500. The van der Waals surface area contributed by atoms with Gasteiger partial charge in [0.1, 0.15) is 0 Å². The maximum absolute atomic E-state index is 11.8. The van der Waals surface area contributed by atoms with Gasteiger partial charge in [0.2, 0.25) is 5.91 Å². The Bertz CT molecular complexity index is 248. The monoisotopic (exact) mass is 273 g/mol. The largest absolute Gasteiger partial charge is 0.341 e. The summed E-state index contributed by atoms with van der Waals surface area (Å²) in [7, 11) is 0. The average molecular weight is 274 g/mol. The lowest BCUT2D eigenvalue weighted by molar-refractivity contribution is -0.128. The van der Waals surface area contributed by atoms with Gasteiger partial charge in [0.25, 0.3) is 0 Å². The van der Waals surface area contributed by atoms with Crippen molar-refractivity contribution in [2.75, 3.05) is 13.1 Å². The summed E-state index contributed by atoms with van der Waals surface area (Å²) in [6.45, 7) is 4.28. The first-order chi connectivity index (χ1) is 7.11. The lowest BCUT2D eigenvalue weighted by Gasteiger charge is -2.37. The third-order valence-corrected chi connectivity index (χ3v) is 4.71. The van der Waals surface area contributed by atoms with Crippen molar-refractivity contribution in [1.82, 2.24) is 4.90 Å². The molecule has 2 aliphatic rings. The molecule has 0 radical (unpaired) electrons. The third-order valence-electron chi connectivity index (χ3n) is 3.87. The summed E-state index contributed by atoms with van der Waals surface area (Å²) < 4.78 is 0. The van der Waals surface area contributed by atoms with E-state index in [0.29, 0.717) is 11.3 Å². The van der Waals surface area contributed by atoms with E-state index in [1.54, 1.807) is 0 Å². The molecule has 1 aliphatic heterocycles. The van der Waals surface area contributed by atoms with Crippen LogP contribution < -0.4 is 0 Å². The molecule has 3 heteroatoms. The van der Waals surface area contributed by atoms with E-state index in [2.05, 4.69) is 27.8 Å². The summed E-state index contributed by atoms with van der Waals surface area (Å²) in [4.78, 5) is 13.9. The van der Waals surface area contributed by atoms with Gasteiger partial charge >= 0.3 is 0 Å². The van der Waals surface area contributed by atoms with E-state index < -0.39 is 0 Å². The maximum atomic E-state index is 11.8.